The third-order valence-electron chi connectivity index (χ3n) is 4.18. The van der Waals surface area contributed by atoms with Gasteiger partial charge in [0.05, 0.1) is 5.56 Å². The molecule has 0 bridgehead atoms. The van der Waals surface area contributed by atoms with Crippen LogP contribution in [0.5, 0.6) is 0 Å². The van der Waals surface area contributed by atoms with Crippen molar-refractivity contribution in [3.05, 3.63) is 71.9 Å². The number of nitrogens with two attached hydrogens (primary N) is 1. The van der Waals surface area contributed by atoms with Crippen molar-refractivity contribution < 1.29 is 4.79 Å². The topological polar surface area (TPSA) is 98.7 Å². The van der Waals surface area contributed by atoms with E-state index in [0.29, 0.717) is 23.8 Å². The Kier molecular flexibility index (Phi) is 9.05. The largest absolute Gasteiger partial charge is 0.350 e. The fourth-order valence-electron chi connectivity index (χ4n) is 2.53. The van der Waals surface area contributed by atoms with Crippen LogP contribution in [0.1, 0.15) is 47.3 Å². The van der Waals surface area contributed by atoms with Crippen molar-refractivity contribution >= 4 is 30.7 Å². The summed E-state index contributed by atoms with van der Waals surface area (Å²) in [6.07, 6.45) is 4.48. The van der Waals surface area contributed by atoms with Crippen molar-refractivity contribution in [1.29, 1.82) is 0 Å². The number of pyridine rings is 1. The van der Waals surface area contributed by atoms with Crippen LogP contribution in [0.4, 0.5) is 0 Å². The van der Waals surface area contributed by atoms with Crippen LogP contribution in [0.15, 0.2) is 55.2 Å². The van der Waals surface area contributed by atoms with Gasteiger partial charge in [0.25, 0.3) is 5.91 Å². The predicted molar refractivity (Wildman–Crippen MR) is 113 cm³/mol. The highest BCUT2D eigenvalue weighted by Gasteiger charge is 2.11. The third kappa shape index (κ3) is 5.76. The van der Waals surface area contributed by atoms with Gasteiger partial charge in [0.15, 0.2) is 5.82 Å². The molecule has 150 valence electrons. The summed E-state index contributed by atoms with van der Waals surface area (Å²) in [6.45, 7) is 4.65. The van der Waals surface area contributed by atoms with Gasteiger partial charge >= 0.3 is 0 Å². The van der Waals surface area contributed by atoms with Crippen LogP contribution in [0.3, 0.4) is 0 Å². The predicted octanol–water partition coefficient (Wildman–Crippen LogP) is 3.06. The average molecular weight is 423 g/mol. The zero-order valence-electron chi connectivity index (χ0n) is 15.6. The second-order valence-corrected chi connectivity index (χ2v) is 6.38. The smallest absolute Gasteiger partial charge is 0.252 e. The molecule has 0 fully saturated rings. The zero-order valence-corrected chi connectivity index (χ0v) is 17.3. The molecule has 0 aliphatic heterocycles. The van der Waals surface area contributed by atoms with Gasteiger partial charge in [0, 0.05) is 18.8 Å². The molecule has 3 rings (SSSR count). The van der Waals surface area contributed by atoms with Crippen LogP contribution < -0.4 is 11.1 Å². The van der Waals surface area contributed by atoms with E-state index in [4.69, 9.17) is 5.73 Å². The molecule has 0 aliphatic carbocycles. The molecule has 1 atom stereocenters. The van der Waals surface area contributed by atoms with Gasteiger partial charge in [-0.05, 0) is 29.2 Å². The number of rotatable bonds is 6. The average Bonchev–Trinajstić information content (AvgIpc) is 3.21. The number of nitrogens with zero attached hydrogens (tertiary/aromatic N) is 4. The van der Waals surface area contributed by atoms with Crippen molar-refractivity contribution in [3.63, 3.8) is 0 Å². The van der Waals surface area contributed by atoms with E-state index in [1.165, 1.54) is 22.8 Å². The maximum atomic E-state index is 12.3. The molecular weight excluding hydrogens is 399 g/mol. The number of benzene rings is 1. The van der Waals surface area contributed by atoms with E-state index in [9.17, 15) is 4.79 Å². The molecule has 1 amide bonds. The van der Waals surface area contributed by atoms with Crippen LogP contribution >= 0.6 is 24.8 Å². The van der Waals surface area contributed by atoms with E-state index in [2.05, 4.69) is 46.4 Å². The first-order valence-corrected chi connectivity index (χ1v) is 8.49. The minimum atomic E-state index is -0.262. The lowest BCUT2D eigenvalue weighted by Crippen LogP contribution is -2.32. The summed E-state index contributed by atoms with van der Waals surface area (Å²) >= 11 is 0. The molecule has 0 saturated carbocycles. The summed E-state index contributed by atoms with van der Waals surface area (Å²) in [5.41, 5.74) is 8.92. The van der Waals surface area contributed by atoms with Crippen LogP contribution in [0, 0.1) is 0 Å². The first-order valence-electron chi connectivity index (χ1n) is 8.49. The molecule has 0 spiro atoms. The van der Waals surface area contributed by atoms with E-state index in [0.717, 1.165) is 5.56 Å². The number of carbonyl (C=O) groups is 1. The van der Waals surface area contributed by atoms with Gasteiger partial charge in [-0.2, -0.15) is 5.10 Å². The maximum absolute atomic E-state index is 12.3. The van der Waals surface area contributed by atoms with Gasteiger partial charge in [0.2, 0.25) is 0 Å². The lowest BCUT2D eigenvalue weighted by atomic mass is 9.99. The Morgan fingerprint density at radius 1 is 1.11 bits per heavy atom. The Bertz CT molecular complexity index is 851. The van der Waals surface area contributed by atoms with Gasteiger partial charge in [-0.15, -0.1) is 24.8 Å². The number of hydrogen-bond donors (Lipinski definition) is 2. The van der Waals surface area contributed by atoms with E-state index in [1.807, 2.05) is 12.1 Å². The van der Waals surface area contributed by atoms with E-state index in [1.54, 1.807) is 18.5 Å². The summed E-state index contributed by atoms with van der Waals surface area (Å²) in [6, 6.07) is 11.3. The summed E-state index contributed by atoms with van der Waals surface area (Å²) in [5.74, 6) is 0.867. The lowest BCUT2D eigenvalue weighted by molar-refractivity contribution is 0.0951. The molecule has 1 aromatic carbocycles. The van der Waals surface area contributed by atoms with Crippen molar-refractivity contribution in [2.24, 2.45) is 5.73 Å². The fraction of sp³-hybridized carbons (Fsp3) is 0.263. The van der Waals surface area contributed by atoms with Crippen LogP contribution in [-0.4, -0.2) is 32.2 Å². The van der Waals surface area contributed by atoms with Crippen LogP contribution in [0.2, 0.25) is 0 Å². The molecule has 7 nitrogen and oxygen atoms in total. The minimum Gasteiger partial charge on any atom is -0.350 e. The lowest BCUT2D eigenvalue weighted by Gasteiger charge is -2.14. The Morgan fingerprint density at radius 3 is 2.32 bits per heavy atom. The number of amides is 1. The number of aromatic nitrogens is 4. The van der Waals surface area contributed by atoms with Gasteiger partial charge in [0.1, 0.15) is 12.7 Å². The second kappa shape index (κ2) is 10.8. The summed E-state index contributed by atoms with van der Waals surface area (Å²) in [5, 5.41) is 6.85. The molecule has 1 unspecified atom stereocenters. The quantitative estimate of drug-likeness (QED) is 0.635. The van der Waals surface area contributed by atoms with Crippen molar-refractivity contribution in [2.45, 2.75) is 25.8 Å². The Hall–Kier alpha value is -2.48. The molecule has 9 heteroatoms. The highest BCUT2D eigenvalue weighted by molar-refractivity contribution is 5.93. The first-order chi connectivity index (χ1) is 12.5. The fourth-order valence-corrected chi connectivity index (χ4v) is 2.53. The van der Waals surface area contributed by atoms with Crippen molar-refractivity contribution in [1.82, 2.24) is 25.1 Å². The van der Waals surface area contributed by atoms with Gasteiger partial charge in [-0.1, -0.05) is 38.1 Å². The van der Waals surface area contributed by atoms with Gasteiger partial charge < -0.3 is 11.1 Å². The Labute approximate surface area is 176 Å². The van der Waals surface area contributed by atoms with Crippen molar-refractivity contribution in [3.8, 4) is 5.82 Å². The molecule has 2 aromatic heterocycles. The van der Waals surface area contributed by atoms with Crippen LogP contribution in [-0.2, 0) is 0 Å². The number of halogens is 2. The van der Waals surface area contributed by atoms with E-state index < -0.39 is 0 Å². The monoisotopic (exact) mass is 422 g/mol. The third-order valence-corrected chi connectivity index (χ3v) is 4.18. The summed E-state index contributed by atoms with van der Waals surface area (Å²) < 4.78 is 1.53. The molecule has 0 aliphatic rings. The molecule has 28 heavy (non-hydrogen) atoms. The Balaban J connectivity index is 0.00000196. The zero-order chi connectivity index (χ0) is 18.5. The Morgan fingerprint density at radius 2 is 1.79 bits per heavy atom. The van der Waals surface area contributed by atoms with Crippen LogP contribution in [0.25, 0.3) is 5.82 Å². The highest BCUT2D eigenvalue weighted by Crippen LogP contribution is 2.17. The van der Waals surface area contributed by atoms with Gasteiger partial charge in [-0.25, -0.2) is 14.6 Å². The summed E-state index contributed by atoms with van der Waals surface area (Å²) in [4.78, 5) is 20.4. The molecular formula is C19H24Cl2N6O. The number of nitrogens with one attached hydrogen (secondary N) is 1. The second-order valence-electron chi connectivity index (χ2n) is 6.38. The molecule has 0 radical (unpaired) electrons. The first kappa shape index (κ1) is 23.6. The van der Waals surface area contributed by atoms with E-state index >= 15 is 0 Å². The highest BCUT2D eigenvalue weighted by atomic mass is 35.5. The maximum Gasteiger partial charge on any atom is 0.252 e. The minimum absolute atomic E-state index is 0. The normalized spacial score (nSPS) is 11.3. The number of hydrogen-bond acceptors (Lipinski definition) is 5. The number of carbonyl (C=O) groups excluding carboxylic acids is 1. The van der Waals surface area contributed by atoms with Crippen molar-refractivity contribution in [2.75, 3.05) is 6.54 Å². The van der Waals surface area contributed by atoms with E-state index in [-0.39, 0.29) is 36.8 Å². The SMILES string of the molecule is CC(C)c1ccc(C(N)CNC(=O)c2ccc(-n3cncn3)nc2)cc1.Cl.Cl. The molecule has 3 aromatic rings. The summed E-state index contributed by atoms with van der Waals surface area (Å²) in [7, 11) is 0. The van der Waals surface area contributed by atoms with Gasteiger partial charge in [-0.3, -0.25) is 4.79 Å². The molecule has 3 N–H and O–H groups in total. The molecule has 0 saturated heterocycles. The standard InChI is InChI=1S/C19H22N6O.2ClH/c1-13(2)14-3-5-15(6-4-14)17(20)10-23-19(26)16-7-8-18(22-9-16)25-12-21-11-24-25;;/h3-9,11-13,17H,10,20H2,1-2H3,(H,23,26);2*1H. The molecule has 2 heterocycles.